The van der Waals surface area contributed by atoms with Gasteiger partial charge in [0, 0.05) is 0 Å². The van der Waals surface area contributed by atoms with Crippen LogP contribution in [-0.4, -0.2) is 4.92 Å². The van der Waals surface area contributed by atoms with Crippen LogP contribution in [0.1, 0.15) is 0 Å². The number of rotatable bonds is 3. The van der Waals surface area contributed by atoms with E-state index in [2.05, 4.69) is 5.32 Å². The fraction of sp³-hybridized carbons (Fsp3) is 0. The van der Waals surface area contributed by atoms with Crippen LogP contribution in [0.15, 0.2) is 36.4 Å². The van der Waals surface area contributed by atoms with E-state index in [1.807, 2.05) is 0 Å². The molecule has 0 unspecified atom stereocenters. The van der Waals surface area contributed by atoms with Crippen LogP contribution in [0.4, 0.5) is 30.2 Å². The average Bonchev–Trinajstić information content (AvgIpc) is 2.34. The molecule has 0 atom stereocenters. The minimum Gasteiger partial charge on any atom is -0.347 e. The number of halogens is 3. The number of hydrogen-bond donors (Lipinski definition) is 1. The molecule has 0 aromatic heterocycles. The predicted molar refractivity (Wildman–Crippen MR) is 62.7 cm³/mol. The molecular formula is C12H7F3N2O2. The summed E-state index contributed by atoms with van der Waals surface area (Å²) in [5.74, 6) is -3.36. The van der Waals surface area contributed by atoms with Crippen molar-refractivity contribution >= 4 is 17.1 Å². The lowest BCUT2D eigenvalue weighted by atomic mass is 10.2. The van der Waals surface area contributed by atoms with Gasteiger partial charge in [0.25, 0.3) is 0 Å². The molecule has 2 aromatic rings. The minimum atomic E-state index is -1.19. The van der Waals surface area contributed by atoms with Gasteiger partial charge in [0.1, 0.15) is 5.69 Å². The number of nitro groups is 1. The molecule has 0 saturated carbocycles. The van der Waals surface area contributed by atoms with Crippen LogP contribution in [-0.2, 0) is 0 Å². The van der Waals surface area contributed by atoms with Crippen LogP contribution in [0.25, 0.3) is 0 Å². The third-order valence-corrected chi connectivity index (χ3v) is 2.39. The molecule has 4 nitrogen and oxygen atoms in total. The fourth-order valence-electron chi connectivity index (χ4n) is 1.55. The molecule has 0 saturated heterocycles. The van der Waals surface area contributed by atoms with Crippen molar-refractivity contribution in [3.8, 4) is 0 Å². The zero-order valence-electron chi connectivity index (χ0n) is 9.36. The first-order valence-electron chi connectivity index (χ1n) is 5.14. The summed E-state index contributed by atoms with van der Waals surface area (Å²) >= 11 is 0. The van der Waals surface area contributed by atoms with Crippen molar-refractivity contribution in [2.45, 2.75) is 0 Å². The average molecular weight is 268 g/mol. The SMILES string of the molecule is O=[N+]([O-])c1c(F)cccc1Nc1cccc(F)c1F. The van der Waals surface area contributed by atoms with Gasteiger partial charge in [0.2, 0.25) is 5.82 Å². The molecule has 19 heavy (non-hydrogen) atoms. The molecule has 0 aliphatic carbocycles. The summed E-state index contributed by atoms with van der Waals surface area (Å²) in [5, 5.41) is 13.0. The van der Waals surface area contributed by atoms with Gasteiger partial charge in [-0.15, -0.1) is 0 Å². The zero-order chi connectivity index (χ0) is 14.0. The van der Waals surface area contributed by atoms with E-state index in [-0.39, 0.29) is 11.4 Å². The van der Waals surface area contributed by atoms with Crippen LogP contribution in [0, 0.1) is 27.6 Å². The topological polar surface area (TPSA) is 55.2 Å². The Kier molecular flexibility index (Phi) is 3.37. The molecule has 1 N–H and O–H groups in total. The molecule has 0 bridgehead atoms. The van der Waals surface area contributed by atoms with E-state index < -0.39 is 28.1 Å². The van der Waals surface area contributed by atoms with Gasteiger partial charge in [0.15, 0.2) is 11.6 Å². The smallest absolute Gasteiger partial charge is 0.327 e. The molecule has 0 aliphatic heterocycles. The summed E-state index contributed by atoms with van der Waals surface area (Å²) in [6, 6.07) is 6.65. The Hall–Kier alpha value is -2.57. The van der Waals surface area contributed by atoms with E-state index in [1.165, 1.54) is 24.3 Å². The van der Waals surface area contributed by atoms with Gasteiger partial charge in [-0.25, -0.2) is 8.78 Å². The van der Waals surface area contributed by atoms with Gasteiger partial charge in [-0.3, -0.25) is 10.1 Å². The molecule has 0 fully saturated rings. The first-order chi connectivity index (χ1) is 9.00. The van der Waals surface area contributed by atoms with E-state index in [0.29, 0.717) is 0 Å². The van der Waals surface area contributed by atoms with Gasteiger partial charge in [0.05, 0.1) is 10.6 Å². The maximum absolute atomic E-state index is 13.4. The summed E-state index contributed by atoms with van der Waals surface area (Å²) in [6.45, 7) is 0. The van der Waals surface area contributed by atoms with Gasteiger partial charge >= 0.3 is 5.69 Å². The maximum atomic E-state index is 13.4. The van der Waals surface area contributed by atoms with Crippen molar-refractivity contribution in [2.75, 3.05) is 5.32 Å². The second kappa shape index (κ2) is 4.97. The van der Waals surface area contributed by atoms with E-state index in [1.54, 1.807) is 0 Å². The lowest BCUT2D eigenvalue weighted by molar-refractivity contribution is -0.386. The number of nitrogens with one attached hydrogen (secondary N) is 1. The summed E-state index contributed by atoms with van der Waals surface area (Å²) < 4.78 is 39.8. The van der Waals surface area contributed by atoms with E-state index in [4.69, 9.17) is 0 Å². The molecule has 0 heterocycles. The Morgan fingerprint density at radius 3 is 2.16 bits per heavy atom. The molecule has 98 valence electrons. The quantitative estimate of drug-likeness (QED) is 0.681. The highest BCUT2D eigenvalue weighted by Gasteiger charge is 2.21. The Labute approximate surface area is 105 Å². The number of hydrogen-bond acceptors (Lipinski definition) is 3. The molecule has 0 radical (unpaired) electrons. The Morgan fingerprint density at radius 2 is 1.53 bits per heavy atom. The van der Waals surface area contributed by atoms with Gasteiger partial charge in [-0.2, -0.15) is 4.39 Å². The lowest BCUT2D eigenvalue weighted by Crippen LogP contribution is -2.01. The van der Waals surface area contributed by atoms with Crippen molar-refractivity contribution < 1.29 is 18.1 Å². The van der Waals surface area contributed by atoms with E-state index in [9.17, 15) is 23.3 Å². The van der Waals surface area contributed by atoms with Crippen molar-refractivity contribution in [1.29, 1.82) is 0 Å². The minimum absolute atomic E-state index is 0.255. The van der Waals surface area contributed by atoms with Crippen LogP contribution in [0.2, 0.25) is 0 Å². The highest BCUT2D eigenvalue weighted by atomic mass is 19.2. The molecule has 0 aliphatic rings. The van der Waals surface area contributed by atoms with Crippen molar-refractivity contribution in [3.63, 3.8) is 0 Å². The van der Waals surface area contributed by atoms with Crippen molar-refractivity contribution in [2.24, 2.45) is 0 Å². The Morgan fingerprint density at radius 1 is 0.947 bits per heavy atom. The maximum Gasteiger partial charge on any atom is 0.327 e. The second-order valence-corrected chi connectivity index (χ2v) is 3.62. The fourth-order valence-corrected chi connectivity index (χ4v) is 1.55. The zero-order valence-corrected chi connectivity index (χ0v) is 9.36. The molecular weight excluding hydrogens is 261 g/mol. The third kappa shape index (κ3) is 2.49. The molecule has 2 aromatic carbocycles. The second-order valence-electron chi connectivity index (χ2n) is 3.62. The highest BCUT2D eigenvalue weighted by Crippen LogP contribution is 2.31. The number of anilines is 2. The predicted octanol–water partition coefficient (Wildman–Crippen LogP) is 3.76. The number of nitro benzene ring substituents is 1. The number of benzene rings is 2. The lowest BCUT2D eigenvalue weighted by Gasteiger charge is -2.08. The first kappa shape index (κ1) is 12.9. The largest absolute Gasteiger partial charge is 0.347 e. The van der Waals surface area contributed by atoms with Crippen molar-refractivity contribution in [1.82, 2.24) is 0 Å². The summed E-state index contributed by atoms with van der Waals surface area (Å²) in [6.07, 6.45) is 0. The number of para-hydroxylation sites is 1. The summed E-state index contributed by atoms with van der Waals surface area (Å²) in [5.41, 5.74) is -1.39. The Bertz CT molecular complexity index is 647. The van der Waals surface area contributed by atoms with Gasteiger partial charge in [-0.05, 0) is 24.3 Å². The van der Waals surface area contributed by atoms with Crippen LogP contribution >= 0.6 is 0 Å². The van der Waals surface area contributed by atoms with E-state index in [0.717, 1.165) is 12.1 Å². The normalized spacial score (nSPS) is 10.3. The molecule has 0 amide bonds. The Balaban J connectivity index is 2.47. The van der Waals surface area contributed by atoms with Crippen molar-refractivity contribution in [3.05, 3.63) is 64.0 Å². The molecule has 0 spiro atoms. The summed E-state index contributed by atoms with van der Waals surface area (Å²) in [4.78, 5) is 9.81. The van der Waals surface area contributed by atoms with Gasteiger partial charge < -0.3 is 5.32 Å². The van der Waals surface area contributed by atoms with Crippen LogP contribution < -0.4 is 5.32 Å². The first-order valence-corrected chi connectivity index (χ1v) is 5.14. The molecule has 7 heteroatoms. The standard InChI is InChI=1S/C12H7F3N2O2/c13-7-3-1-5-9(11(7)15)16-10-6-2-4-8(14)12(10)17(18)19/h1-6,16H. The number of nitrogens with zero attached hydrogens (tertiary/aromatic N) is 1. The summed E-state index contributed by atoms with van der Waals surface area (Å²) in [7, 11) is 0. The van der Waals surface area contributed by atoms with Gasteiger partial charge in [-0.1, -0.05) is 12.1 Å². The van der Waals surface area contributed by atoms with Crippen LogP contribution in [0.5, 0.6) is 0 Å². The molecule has 2 rings (SSSR count). The highest BCUT2D eigenvalue weighted by molar-refractivity contribution is 5.70. The van der Waals surface area contributed by atoms with Crippen LogP contribution in [0.3, 0.4) is 0 Å². The monoisotopic (exact) mass is 268 g/mol. The third-order valence-electron chi connectivity index (χ3n) is 2.39. The van der Waals surface area contributed by atoms with E-state index >= 15 is 0 Å².